The molecule has 0 bridgehead atoms. The van der Waals surface area contributed by atoms with Gasteiger partial charge >= 0.3 is 5.69 Å². The first-order valence-electron chi connectivity index (χ1n) is 5.76. The topological polar surface area (TPSA) is 105 Å². The Labute approximate surface area is 112 Å². The zero-order valence-electron chi connectivity index (χ0n) is 10.6. The second kappa shape index (κ2) is 4.56. The number of alkyl halides is 1. The summed E-state index contributed by atoms with van der Waals surface area (Å²) in [6, 6.07) is 0. The van der Waals surface area contributed by atoms with Crippen LogP contribution >= 0.6 is 0 Å². The Hall–Kier alpha value is -1.95. The van der Waals surface area contributed by atoms with Crippen molar-refractivity contribution in [3.63, 3.8) is 0 Å². The van der Waals surface area contributed by atoms with Crippen LogP contribution < -0.4 is 11.2 Å². The maximum Gasteiger partial charge on any atom is 0.330 e. The molecule has 3 N–H and O–H groups in total. The summed E-state index contributed by atoms with van der Waals surface area (Å²) < 4.78 is 20.2. The normalized spacial score (nSPS) is 33.0. The number of aromatic amines is 1. The van der Waals surface area contributed by atoms with E-state index in [1.807, 2.05) is 10.9 Å². The van der Waals surface area contributed by atoms with Gasteiger partial charge in [-0.1, -0.05) is 5.92 Å². The summed E-state index contributed by atoms with van der Waals surface area (Å²) in [5.74, 6) is -1.12. The van der Waals surface area contributed by atoms with Crippen molar-refractivity contribution in [3.05, 3.63) is 32.6 Å². The summed E-state index contributed by atoms with van der Waals surface area (Å²) in [7, 11) is 0. The van der Waals surface area contributed by atoms with Crippen molar-refractivity contribution in [2.45, 2.75) is 31.0 Å². The van der Waals surface area contributed by atoms with Gasteiger partial charge in [-0.2, -0.15) is 0 Å². The average molecular weight is 284 g/mol. The third kappa shape index (κ3) is 1.96. The van der Waals surface area contributed by atoms with Crippen LogP contribution in [0.2, 0.25) is 0 Å². The van der Waals surface area contributed by atoms with Gasteiger partial charge in [0.2, 0.25) is 5.60 Å². The van der Waals surface area contributed by atoms with Crippen LogP contribution in [-0.4, -0.2) is 37.8 Å². The molecule has 1 fully saturated rings. The van der Waals surface area contributed by atoms with Crippen molar-refractivity contribution < 1.29 is 19.3 Å². The molecular formula is C12H13FN2O5. The lowest BCUT2D eigenvalue weighted by Gasteiger charge is -2.27. The lowest BCUT2D eigenvalue weighted by atomic mass is 9.96. The number of rotatable bonds is 2. The maximum absolute atomic E-state index is 14.1. The molecule has 7 nitrogen and oxygen atoms in total. The molecular weight excluding hydrogens is 271 g/mol. The van der Waals surface area contributed by atoms with E-state index >= 15 is 0 Å². The van der Waals surface area contributed by atoms with Crippen LogP contribution in [0.1, 0.15) is 18.2 Å². The highest BCUT2D eigenvalue weighted by Gasteiger charge is 2.60. The first-order chi connectivity index (χ1) is 9.26. The Balaban J connectivity index is 2.49. The van der Waals surface area contributed by atoms with Crippen molar-refractivity contribution in [1.29, 1.82) is 0 Å². The van der Waals surface area contributed by atoms with Gasteiger partial charge in [-0.15, -0.1) is 6.42 Å². The van der Waals surface area contributed by atoms with E-state index in [-0.39, 0.29) is 5.56 Å². The largest absolute Gasteiger partial charge is 0.392 e. The number of ether oxygens (including phenoxy) is 1. The molecule has 2 rings (SSSR count). The lowest BCUT2D eigenvalue weighted by Crippen LogP contribution is -2.49. The minimum Gasteiger partial charge on any atom is -0.392 e. The quantitative estimate of drug-likeness (QED) is 0.591. The number of H-pyrrole nitrogens is 1. The molecule has 0 spiro atoms. The monoisotopic (exact) mass is 284 g/mol. The van der Waals surface area contributed by atoms with E-state index in [4.69, 9.17) is 11.2 Å². The SMILES string of the molecule is C#C[C@]1(CO)O[C@@H](n2cc(C)c(=O)[nH]c2=O)C[C@@]1(O)F. The fourth-order valence-corrected chi connectivity index (χ4v) is 2.06. The van der Waals surface area contributed by atoms with Crippen molar-refractivity contribution in [2.75, 3.05) is 6.61 Å². The number of nitrogens with one attached hydrogen (secondary N) is 1. The number of aryl methyl sites for hydroxylation is 1. The van der Waals surface area contributed by atoms with Crippen LogP contribution in [0, 0.1) is 19.3 Å². The Morgan fingerprint density at radius 2 is 2.35 bits per heavy atom. The maximum atomic E-state index is 14.1. The molecule has 0 radical (unpaired) electrons. The van der Waals surface area contributed by atoms with Gasteiger partial charge < -0.3 is 14.9 Å². The zero-order valence-corrected chi connectivity index (χ0v) is 10.6. The minimum atomic E-state index is -3.00. The van der Waals surface area contributed by atoms with Crippen LogP contribution in [0.25, 0.3) is 0 Å². The van der Waals surface area contributed by atoms with E-state index in [2.05, 4.69) is 0 Å². The van der Waals surface area contributed by atoms with E-state index in [9.17, 15) is 24.2 Å². The number of hydrogen-bond acceptors (Lipinski definition) is 5. The molecule has 2 heterocycles. The van der Waals surface area contributed by atoms with Gasteiger partial charge in [0.15, 0.2) is 0 Å². The van der Waals surface area contributed by atoms with E-state index in [0.717, 1.165) is 4.57 Å². The molecule has 1 aromatic rings. The number of nitrogens with zero attached hydrogens (tertiary/aromatic N) is 1. The molecule has 1 aromatic heterocycles. The molecule has 1 saturated heterocycles. The predicted molar refractivity (Wildman–Crippen MR) is 65.5 cm³/mol. The summed E-state index contributed by atoms with van der Waals surface area (Å²) in [4.78, 5) is 25.0. The molecule has 0 aromatic carbocycles. The summed E-state index contributed by atoms with van der Waals surface area (Å²) in [6.07, 6.45) is 4.39. The average Bonchev–Trinajstić information content (AvgIpc) is 2.65. The molecule has 8 heteroatoms. The van der Waals surface area contributed by atoms with Crippen molar-refractivity contribution in [2.24, 2.45) is 0 Å². The summed E-state index contributed by atoms with van der Waals surface area (Å²) in [6.45, 7) is 0.496. The van der Waals surface area contributed by atoms with Crippen LogP contribution in [0.15, 0.2) is 15.8 Å². The van der Waals surface area contributed by atoms with E-state index in [1.54, 1.807) is 0 Å². The van der Waals surface area contributed by atoms with Crippen LogP contribution in [0.5, 0.6) is 0 Å². The number of hydrogen-bond donors (Lipinski definition) is 3. The highest BCUT2D eigenvalue weighted by atomic mass is 19.2. The van der Waals surface area contributed by atoms with Crippen LogP contribution in [0.4, 0.5) is 4.39 Å². The molecule has 0 unspecified atom stereocenters. The smallest absolute Gasteiger partial charge is 0.330 e. The third-order valence-electron chi connectivity index (χ3n) is 3.31. The summed E-state index contributed by atoms with van der Waals surface area (Å²) in [5, 5.41) is 18.8. The number of aliphatic hydroxyl groups is 2. The number of aromatic nitrogens is 2. The molecule has 0 saturated carbocycles. The van der Waals surface area contributed by atoms with Gasteiger partial charge in [0.05, 0.1) is 13.0 Å². The van der Waals surface area contributed by atoms with Crippen molar-refractivity contribution in [3.8, 4) is 12.3 Å². The molecule has 1 aliphatic heterocycles. The first kappa shape index (κ1) is 14.5. The van der Waals surface area contributed by atoms with Crippen LogP contribution in [0.3, 0.4) is 0 Å². The van der Waals surface area contributed by atoms with Gasteiger partial charge in [0.1, 0.15) is 6.23 Å². The fourth-order valence-electron chi connectivity index (χ4n) is 2.06. The second-order valence-electron chi connectivity index (χ2n) is 4.64. The summed E-state index contributed by atoms with van der Waals surface area (Å²) in [5.41, 5.74) is -3.45. The van der Waals surface area contributed by atoms with E-state index in [0.29, 0.717) is 0 Å². The molecule has 3 atom stereocenters. The molecule has 20 heavy (non-hydrogen) atoms. The second-order valence-corrected chi connectivity index (χ2v) is 4.64. The van der Waals surface area contributed by atoms with Gasteiger partial charge in [-0.05, 0) is 6.92 Å². The standard InChI is InChI=1S/C12H13FN2O5/c1-3-11(6-16)12(13,19)4-8(20-11)15-5-7(2)9(17)14-10(15)18/h1,5,8,16,19H,4,6H2,2H3,(H,14,17,18)/t8-,11-,12+/m1/s1. The molecule has 0 aliphatic carbocycles. The number of aliphatic hydroxyl groups excluding tert-OH is 1. The van der Waals surface area contributed by atoms with Crippen LogP contribution in [-0.2, 0) is 4.74 Å². The predicted octanol–water partition coefficient (Wildman–Crippen LogP) is -1.21. The summed E-state index contributed by atoms with van der Waals surface area (Å²) >= 11 is 0. The number of halogens is 1. The molecule has 1 aliphatic rings. The Kier molecular flexibility index (Phi) is 3.29. The highest BCUT2D eigenvalue weighted by molar-refractivity contribution is 5.19. The van der Waals surface area contributed by atoms with E-state index < -0.39 is 42.0 Å². The highest BCUT2D eigenvalue weighted by Crippen LogP contribution is 2.44. The Bertz CT molecular complexity index is 686. The van der Waals surface area contributed by atoms with Gasteiger partial charge in [0.25, 0.3) is 11.4 Å². The van der Waals surface area contributed by atoms with Crippen molar-refractivity contribution >= 4 is 0 Å². The fraction of sp³-hybridized carbons (Fsp3) is 0.500. The van der Waals surface area contributed by atoms with Gasteiger partial charge in [0, 0.05) is 11.8 Å². The van der Waals surface area contributed by atoms with Crippen molar-refractivity contribution in [1.82, 2.24) is 9.55 Å². The zero-order chi connectivity index (χ0) is 15.1. The Morgan fingerprint density at radius 1 is 1.70 bits per heavy atom. The molecule has 0 amide bonds. The minimum absolute atomic E-state index is 0.206. The number of terminal acetylenes is 1. The van der Waals surface area contributed by atoms with Gasteiger partial charge in [-0.25, -0.2) is 9.18 Å². The molecule has 108 valence electrons. The lowest BCUT2D eigenvalue weighted by molar-refractivity contribution is -0.188. The third-order valence-corrected chi connectivity index (χ3v) is 3.31. The van der Waals surface area contributed by atoms with E-state index in [1.165, 1.54) is 13.1 Å². The Morgan fingerprint density at radius 3 is 2.85 bits per heavy atom. The van der Waals surface area contributed by atoms with Gasteiger partial charge in [-0.3, -0.25) is 14.3 Å². The first-order valence-corrected chi connectivity index (χ1v) is 5.76.